The van der Waals surface area contributed by atoms with E-state index in [0.717, 1.165) is 17.3 Å². The predicted molar refractivity (Wildman–Crippen MR) is 121 cm³/mol. The van der Waals surface area contributed by atoms with Crippen molar-refractivity contribution in [2.45, 2.75) is 70.9 Å². The molecule has 3 fully saturated rings. The molecule has 0 spiro atoms. The molecule has 12 atom stereocenters. The van der Waals surface area contributed by atoms with E-state index < -0.39 is 23.9 Å². The average Bonchev–Trinajstić information content (AvgIpc) is 3.22. The third-order valence-corrected chi connectivity index (χ3v) is 10.3. The zero-order chi connectivity index (χ0) is 23.1. The van der Waals surface area contributed by atoms with Crippen LogP contribution in [-0.2, 0) is 14.3 Å². The third-order valence-electron chi connectivity index (χ3n) is 9.43. The zero-order valence-corrected chi connectivity index (χ0v) is 20.8. The smallest absolute Gasteiger partial charge is 0.337 e. The molecule has 2 bridgehead atoms. The van der Waals surface area contributed by atoms with Crippen LogP contribution < -0.4 is 0 Å². The first-order valence-electron chi connectivity index (χ1n) is 12.1. The number of rotatable bonds is 2. The largest absolute Gasteiger partial charge is 0.491 e. The highest BCUT2D eigenvalue weighted by molar-refractivity contribution is 9.11. The number of carbonyl (C=O) groups excluding carboxylic acids is 1. The molecular formula is C25H35BrO6. The fourth-order valence-corrected chi connectivity index (χ4v) is 8.51. The lowest BCUT2D eigenvalue weighted by Gasteiger charge is -2.47. The van der Waals surface area contributed by atoms with Crippen LogP contribution in [0, 0.1) is 47.3 Å². The molecule has 0 radical (unpaired) electrons. The summed E-state index contributed by atoms with van der Waals surface area (Å²) in [6.07, 6.45) is 2.46. The van der Waals surface area contributed by atoms with Gasteiger partial charge in [-0.15, -0.1) is 0 Å². The van der Waals surface area contributed by atoms with Crippen LogP contribution in [0.15, 0.2) is 21.9 Å². The summed E-state index contributed by atoms with van der Waals surface area (Å²) in [6, 6.07) is 0. The molecule has 0 amide bonds. The molecule has 0 aromatic heterocycles. The van der Waals surface area contributed by atoms with Crippen molar-refractivity contribution < 1.29 is 29.6 Å². The Morgan fingerprint density at radius 3 is 2.66 bits per heavy atom. The minimum absolute atomic E-state index is 0.000881. The number of fused-ring (bicyclic) bond motifs is 8. The summed E-state index contributed by atoms with van der Waals surface area (Å²) in [5.74, 6) is -0.517. The van der Waals surface area contributed by atoms with E-state index in [9.17, 15) is 20.1 Å². The summed E-state index contributed by atoms with van der Waals surface area (Å²) in [4.78, 5) is 13.4. The van der Waals surface area contributed by atoms with Gasteiger partial charge in [0, 0.05) is 29.6 Å². The van der Waals surface area contributed by atoms with Crippen molar-refractivity contribution in [3.63, 3.8) is 0 Å². The first kappa shape index (κ1) is 22.9. The SMILES string of the molecule is CCOC(=O)C1=C2O[C@@](C)(CC[C@H](O)[C@H]2C)[C@@H]2CC3C(Br)=CC4C(C3[C@H]12)[C@H](O)[C@@H](C)[C@@H]4O. The van der Waals surface area contributed by atoms with Crippen molar-refractivity contribution in [1.29, 1.82) is 0 Å². The summed E-state index contributed by atoms with van der Waals surface area (Å²) in [5, 5.41) is 32.9. The number of aliphatic hydroxyl groups excluding tert-OH is 3. The molecule has 32 heavy (non-hydrogen) atoms. The van der Waals surface area contributed by atoms with E-state index in [4.69, 9.17) is 9.47 Å². The maximum atomic E-state index is 13.4. The Labute approximate surface area is 198 Å². The molecule has 1 saturated heterocycles. The molecule has 0 aromatic carbocycles. The molecule has 3 aliphatic carbocycles. The summed E-state index contributed by atoms with van der Waals surface area (Å²) >= 11 is 3.80. The van der Waals surface area contributed by atoms with Crippen LogP contribution >= 0.6 is 15.9 Å². The molecule has 5 aliphatic rings. The Balaban J connectivity index is 1.70. The maximum Gasteiger partial charge on any atom is 0.337 e. The van der Waals surface area contributed by atoms with E-state index in [1.165, 1.54) is 0 Å². The Morgan fingerprint density at radius 1 is 1.25 bits per heavy atom. The van der Waals surface area contributed by atoms with Crippen molar-refractivity contribution in [1.82, 2.24) is 0 Å². The van der Waals surface area contributed by atoms with E-state index in [2.05, 4.69) is 28.9 Å². The minimum atomic E-state index is -0.632. The Morgan fingerprint density at radius 2 is 1.97 bits per heavy atom. The van der Waals surface area contributed by atoms with Gasteiger partial charge in [0.05, 0.1) is 30.5 Å². The van der Waals surface area contributed by atoms with Gasteiger partial charge in [0.15, 0.2) is 0 Å². The van der Waals surface area contributed by atoms with E-state index in [1.54, 1.807) is 6.92 Å². The van der Waals surface area contributed by atoms with Gasteiger partial charge in [-0.3, -0.25) is 0 Å². The lowest BCUT2D eigenvalue weighted by molar-refractivity contribution is -0.144. The number of aliphatic hydroxyl groups is 3. The van der Waals surface area contributed by atoms with Gasteiger partial charge in [-0.25, -0.2) is 4.79 Å². The number of allylic oxidation sites excluding steroid dienone is 1. The summed E-state index contributed by atoms with van der Waals surface area (Å²) in [6.45, 7) is 8.01. The van der Waals surface area contributed by atoms with Crippen molar-refractivity contribution in [2.75, 3.05) is 6.61 Å². The molecule has 178 valence electrons. The van der Waals surface area contributed by atoms with E-state index in [1.807, 2.05) is 13.8 Å². The fraction of sp³-hybridized carbons (Fsp3) is 0.800. The van der Waals surface area contributed by atoms with E-state index in [0.29, 0.717) is 17.8 Å². The van der Waals surface area contributed by atoms with Gasteiger partial charge in [0.2, 0.25) is 0 Å². The van der Waals surface area contributed by atoms with Gasteiger partial charge < -0.3 is 24.8 Å². The van der Waals surface area contributed by atoms with Crippen LogP contribution in [0.25, 0.3) is 0 Å². The fourth-order valence-electron chi connectivity index (χ4n) is 7.71. The normalized spacial score (nSPS) is 51.8. The number of carbonyl (C=O) groups is 1. The molecule has 5 rings (SSSR count). The molecule has 3 N–H and O–H groups in total. The number of hydrogen-bond donors (Lipinski definition) is 3. The lowest BCUT2D eigenvalue weighted by atomic mass is 9.64. The standard InChI is InChI=1S/C25H35BrO6/c1-5-31-24(30)20-19-14(25(4)7-6-16(27)10(2)23(20)32-25)8-12-15(26)9-13-18(17(12)19)22(29)11(3)21(13)28/h9-14,16-19,21-22,27-29H,5-8H2,1-4H3/t10-,11+,12?,13?,14-,16+,17?,18?,19-,21+,22-,25+/m1/s1. The van der Waals surface area contributed by atoms with Crippen molar-refractivity contribution in [3.8, 4) is 0 Å². The number of hydrogen-bond acceptors (Lipinski definition) is 6. The molecule has 2 aliphatic heterocycles. The van der Waals surface area contributed by atoms with Gasteiger partial charge in [0.25, 0.3) is 0 Å². The molecule has 6 nitrogen and oxygen atoms in total. The molecule has 2 heterocycles. The Hall–Kier alpha value is -0.890. The van der Waals surface area contributed by atoms with Crippen LogP contribution in [0.4, 0.5) is 0 Å². The Bertz CT molecular complexity index is 868. The highest BCUT2D eigenvalue weighted by Crippen LogP contribution is 2.66. The van der Waals surface area contributed by atoms with E-state index in [-0.39, 0.29) is 59.9 Å². The van der Waals surface area contributed by atoms with Gasteiger partial charge in [0.1, 0.15) is 11.4 Å². The van der Waals surface area contributed by atoms with Crippen LogP contribution in [0.2, 0.25) is 0 Å². The van der Waals surface area contributed by atoms with Crippen molar-refractivity contribution in [2.24, 2.45) is 47.3 Å². The summed E-state index contributed by atoms with van der Waals surface area (Å²) in [5.41, 5.74) is 0.0628. The number of esters is 1. The lowest BCUT2D eigenvalue weighted by Crippen LogP contribution is -2.48. The van der Waals surface area contributed by atoms with Gasteiger partial charge in [-0.1, -0.05) is 35.9 Å². The summed E-state index contributed by atoms with van der Waals surface area (Å²) < 4.78 is 13.2. The number of ether oxygens (including phenoxy) is 2. The van der Waals surface area contributed by atoms with Gasteiger partial charge >= 0.3 is 5.97 Å². The highest BCUT2D eigenvalue weighted by Gasteiger charge is 2.65. The van der Waals surface area contributed by atoms with Crippen LogP contribution in [-0.4, -0.2) is 51.8 Å². The van der Waals surface area contributed by atoms with E-state index >= 15 is 0 Å². The minimum Gasteiger partial charge on any atom is -0.491 e. The number of halogens is 1. The first-order chi connectivity index (χ1) is 15.1. The predicted octanol–water partition coefficient (Wildman–Crippen LogP) is 3.15. The van der Waals surface area contributed by atoms with Crippen LogP contribution in [0.3, 0.4) is 0 Å². The molecule has 7 heteroatoms. The molecule has 4 unspecified atom stereocenters. The van der Waals surface area contributed by atoms with Crippen molar-refractivity contribution >= 4 is 21.9 Å². The van der Waals surface area contributed by atoms with Crippen LogP contribution in [0.1, 0.15) is 47.0 Å². The first-order valence-corrected chi connectivity index (χ1v) is 12.9. The second-order valence-electron chi connectivity index (χ2n) is 10.9. The Kier molecular flexibility index (Phi) is 5.59. The van der Waals surface area contributed by atoms with Crippen LogP contribution in [0.5, 0.6) is 0 Å². The quantitative estimate of drug-likeness (QED) is 0.493. The second-order valence-corrected chi connectivity index (χ2v) is 11.8. The third kappa shape index (κ3) is 3.03. The maximum absolute atomic E-state index is 13.4. The second kappa shape index (κ2) is 7.82. The van der Waals surface area contributed by atoms with Gasteiger partial charge in [-0.2, -0.15) is 0 Å². The average molecular weight is 511 g/mol. The zero-order valence-electron chi connectivity index (χ0n) is 19.2. The van der Waals surface area contributed by atoms with Crippen molar-refractivity contribution in [3.05, 3.63) is 21.9 Å². The summed E-state index contributed by atoms with van der Waals surface area (Å²) in [7, 11) is 0. The molecule has 2 saturated carbocycles. The monoisotopic (exact) mass is 510 g/mol. The topological polar surface area (TPSA) is 96.2 Å². The van der Waals surface area contributed by atoms with Gasteiger partial charge in [-0.05, 0) is 55.3 Å². The highest BCUT2D eigenvalue weighted by atomic mass is 79.9. The molecular weight excluding hydrogens is 476 g/mol. The molecule has 0 aromatic rings.